The van der Waals surface area contributed by atoms with Crippen LogP contribution in [0.3, 0.4) is 0 Å². The Hall–Kier alpha value is -1.32. The van der Waals surface area contributed by atoms with Crippen molar-refractivity contribution in [3.63, 3.8) is 0 Å². The number of aromatic nitrogens is 2. The van der Waals surface area contributed by atoms with E-state index in [2.05, 4.69) is 9.97 Å². The summed E-state index contributed by atoms with van der Waals surface area (Å²) in [7, 11) is 0. The predicted octanol–water partition coefficient (Wildman–Crippen LogP) is 3.91. The third kappa shape index (κ3) is 2.28. The van der Waals surface area contributed by atoms with Crippen molar-refractivity contribution in [3.8, 4) is 11.3 Å². The summed E-state index contributed by atoms with van der Waals surface area (Å²) in [6.07, 6.45) is 2.27. The van der Waals surface area contributed by atoms with Crippen molar-refractivity contribution in [2.75, 3.05) is 5.73 Å². The molecular weight excluding hydrogens is 269 g/mol. The van der Waals surface area contributed by atoms with Crippen molar-refractivity contribution >= 4 is 29.0 Å². The van der Waals surface area contributed by atoms with E-state index in [1.54, 1.807) is 18.2 Å². The van der Waals surface area contributed by atoms with Crippen LogP contribution in [0.5, 0.6) is 0 Å². The largest absolute Gasteiger partial charge is 0.384 e. The molecular formula is C13H11Cl2N3. The second-order valence-electron chi connectivity index (χ2n) is 4.43. The molecule has 3 nitrogen and oxygen atoms in total. The van der Waals surface area contributed by atoms with Crippen molar-refractivity contribution in [2.24, 2.45) is 0 Å². The van der Waals surface area contributed by atoms with Crippen LogP contribution in [0.4, 0.5) is 5.82 Å². The van der Waals surface area contributed by atoms with Gasteiger partial charge in [-0.1, -0.05) is 23.2 Å². The predicted molar refractivity (Wildman–Crippen MR) is 73.9 cm³/mol. The Bertz CT molecular complexity index is 609. The minimum absolute atomic E-state index is 0.457. The van der Waals surface area contributed by atoms with Gasteiger partial charge in [0.1, 0.15) is 11.6 Å². The molecule has 0 radical (unpaired) electrons. The van der Waals surface area contributed by atoms with Crippen LogP contribution >= 0.6 is 23.2 Å². The van der Waals surface area contributed by atoms with Crippen LogP contribution in [-0.2, 0) is 0 Å². The molecule has 1 aromatic heterocycles. The maximum absolute atomic E-state index is 6.18. The standard InChI is InChI=1S/C13H11Cl2N3/c14-8-3-4-9(10(15)5-8)11-6-12(16)18-13(17-11)7-1-2-7/h3-7H,1-2H2,(H2,16,17,18). The van der Waals surface area contributed by atoms with Crippen LogP contribution in [0, 0.1) is 0 Å². The molecule has 92 valence electrons. The van der Waals surface area contributed by atoms with E-state index in [0.29, 0.717) is 21.8 Å². The molecule has 0 amide bonds. The molecule has 1 heterocycles. The zero-order valence-corrected chi connectivity index (χ0v) is 11.0. The number of nitrogens with two attached hydrogens (primary N) is 1. The molecule has 1 aliphatic carbocycles. The topological polar surface area (TPSA) is 51.8 Å². The molecule has 2 N–H and O–H groups in total. The van der Waals surface area contributed by atoms with Gasteiger partial charge in [-0.25, -0.2) is 9.97 Å². The molecule has 5 heteroatoms. The van der Waals surface area contributed by atoms with Crippen LogP contribution in [-0.4, -0.2) is 9.97 Å². The van der Waals surface area contributed by atoms with Crippen LogP contribution in [0.15, 0.2) is 24.3 Å². The summed E-state index contributed by atoms with van der Waals surface area (Å²) in [5.41, 5.74) is 7.41. The van der Waals surface area contributed by atoms with Crippen LogP contribution in [0.25, 0.3) is 11.3 Å². The van der Waals surface area contributed by atoms with Gasteiger partial charge in [0.15, 0.2) is 0 Å². The van der Waals surface area contributed by atoms with Gasteiger partial charge in [-0.3, -0.25) is 0 Å². The first kappa shape index (κ1) is 11.8. The molecule has 0 unspecified atom stereocenters. The fourth-order valence-electron chi connectivity index (χ4n) is 1.84. The molecule has 1 fully saturated rings. The average Bonchev–Trinajstić information content (AvgIpc) is 3.11. The molecule has 1 saturated carbocycles. The Kier molecular flexibility index (Phi) is 2.88. The van der Waals surface area contributed by atoms with Gasteiger partial charge in [-0.2, -0.15) is 0 Å². The normalized spacial score (nSPS) is 14.8. The molecule has 18 heavy (non-hydrogen) atoms. The highest BCUT2D eigenvalue weighted by Gasteiger charge is 2.27. The molecule has 0 atom stereocenters. The van der Waals surface area contributed by atoms with E-state index >= 15 is 0 Å². The molecule has 0 saturated heterocycles. The lowest BCUT2D eigenvalue weighted by Crippen LogP contribution is -2.00. The van der Waals surface area contributed by atoms with Gasteiger partial charge in [0.2, 0.25) is 0 Å². The minimum Gasteiger partial charge on any atom is -0.384 e. The third-order valence-electron chi connectivity index (χ3n) is 2.91. The van der Waals surface area contributed by atoms with Gasteiger partial charge in [-0.05, 0) is 31.0 Å². The quantitative estimate of drug-likeness (QED) is 0.907. The number of benzene rings is 1. The van der Waals surface area contributed by atoms with Crippen molar-refractivity contribution in [3.05, 3.63) is 40.1 Å². The lowest BCUT2D eigenvalue weighted by atomic mass is 10.1. The third-order valence-corrected chi connectivity index (χ3v) is 3.46. The lowest BCUT2D eigenvalue weighted by Gasteiger charge is -2.07. The van der Waals surface area contributed by atoms with Crippen molar-refractivity contribution < 1.29 is 0 Å². The van der Waals surface area contributed by atoms with E-state index in [4.69, 9.17) is 28.9 Å². The van der Waals surface area contributed by atoms with Crippen LogP contribution < -0.4 is 5.73 Å². The molecule has 0 aliphatic heterocycles. The van der Waals surface area contributed by atoms with E-state index in [-0.39, 0.29) is 0 Å². The summed E-state index contributed by atoms with van der Waals surface area (Å²) in [6.45, 7) is 0. The highest BCUT2D eigenvalue weighted by atomic mass is 35.5. The van der Waals surface area contributed by atoms with Gasteiger partial charge in [-0.15, -0.1) is 0 Å². The Morgan fingerprint density at radius 2 is 1.89 bits per heavy atom. The molecule has 1 aliphatic rings. The molecule has 0 bridgehead atoms. The molecule has 0 spiro atoms. The van der Waals surface area contributed by atoms with Gasteiger partial charge in [0.25, 0.3) is 0 Å². The van der Waals surface area contributed by atoms with Gasteiger partial charge < -0.3 is 5.73 Å². The Morgan fingerprint density at radius 3 is 2.56 bits per heavy atom. The van der Waals surface area contributed by atoms with E-state index < -0.39 is 0 Å². The highest BCUT2D eigenvalue weighted by molar-refractivity contribution is 6.36. The van der Waals surface area contributed by atoms with E-state index in [1.807, 2.05) is 6.07 Å². The van der Waals surface area contributed by atoms with Crippen molar-refractivity contribution in [1.82, 2.24) is 9.97 Å². The first-order valence-corrected chi connectivity index (χ1v) is 6.49. The Balaban J connectivity index is 2.10. The van der Waals surface area contributed by atoms with E-state index in [1.165, 1.54) is 0 Å². The second kappa shape index (κ2) is 4.41. The van der Waals surface area contributed by atoms with Gasteiger partial charge in [0.05, 0.1) is 10.7 Å². The van der Waals surface area contributed by atoms with Crippen molar-refractivity contribution in [1.29, 1.82) is 0 Å². The maximum Gasteiger partial charge on any atom is 0.134 e. The number of nitrogens with zero attached hydrogens (tertiary/aromatic N) is 2. The summed E-state index contributed by atoms with van der Waals surface area (Å²) in [4.78, 5) is 8.80. The average molecular weight is 280 g/mol. The smallest absolute Gasteiger partial charge is 0.134 e. The molecule has 2 aromatic rings. The van der Waals surface area contributed by atoms with E-state index in [0.717, 1.165) is 29.9 Å². The number of nitrogen functional groups attached to an aromatic ring is 1. The number of halogens is 2. The number of hydrogen-bond acceptors (Lipinski definition) is 3. The highest BCUT2D eigenvalue weighted by Crippen LogP contribution is 2.39. The zero-order valence-electron chi connectivity index (χ0n) is 9.53. The Labute approximate surface area is 115 Å². The number of hydrogen-bond donors (Lipinski definition) is 1. The number of anilines is 1. The SMILES string of the molecule is Nc1cc(-c2ccc(Cl)cc2Cl)nc(C2CC2)n1. The van der Waals surface area contributed by atoms with Crippen LogP contribution in [0.2, 0.25) is 10.0 Å². The summed E-state index contributed by atoms with van der Waals surface area (Å²) < 4.78 is 0. The zero-order chi connectivity index (χ0) is 12.7. The van der Waals surface area contributed by atoms with Crippen LogP contribution in [0.1, 0.15) is 24.6 Å². The maximum atomic E-state index is 6.18. The molecule has 1 aromatic carbocycles. The van der Waals surface area contributed by atoms with Crippen molar-refractivity contribution in [2.45, 2.75) is 18.8 Å². The first-order valence-electron chi connectivity index (χ1n) is 5.73. The molecule has 3 rings (SSSR count). The van der Waals surface area contributed by atoms with E-state index in [9.17, 15) is 0 Å². The summed E-state index contributed by atoms with van der Waals surface area (Å²) in [6, 6.07) is 7.08. The second-order valence-corrected chi connectivity index (χ2v) is 5.28. The monoisotopic (exact) mass is 279 g/mol. The Morgan fingerprint density at radius 1 is 1.11 bits per heavy atom. The first-order chi connectivity index (χ1) is 8.63. The summed E-state index contributed by atoms with van der Waals surface area (Å²) >= 11 is 12.1. The lowest BCUT2D eigenvalue weighted by molar-refractivity contribution is 0.936. The fraction of sp³-hybridized carbons (Fsp3) is 0.231. The van der Waals surface area contributed by atoms with Gasteiger partial charge >= 0.3 is 0 Å². The number of rotatable bonds is 2. The minimum atomic E-state index is 0.457. The summed E-state index contributed by atoms with van der Waals surface area (Å²) in [5.74, 6) is 1.75. The summed E-state index contributed by atoms with van der Waals surface area (Å²) in [5, 5.41) is 1.18. The van der Waals surface area contributed by atoms with Gasteiger partial charge in [0, 0.05) is 22.6 Å². The fourth-order valence-corrected chi connectivity index (χ4v) is 2.35.